The molecule has 0 spiro atoms. The Labute approximate surface area is 290 Å². The van der Waals surface area contributed by atoms with Crippen molar-refractivity contribution in [2.24, 2.45) is 0 Å². The number of hydrogen-bond donors (Lipinski definition) is 0. The number of rotatable bonds is 5. The van der Waals surface area contributed by atoms with Crippen LogP contribution < -0.4 is 0 Å². The van der Waals surface area contributed by atoms with E-state index in [1.807, 2.05) is 0 Å². The molecule has 0 aliphatic heterocycles. The molecule has 2 nitrogen and oxygen atoms in total. The van der Waals surface area contributed by atoms with Gasteiger partial charge in [-0.15, -0.1) is 0 Å². The molecule has 0 atom stereocenters. The van der Waals surface area contributed by atoms with Crippen LogP contribution in [0.2, 0.25) is 0 Å². The Morgan fingerprint density at radius 3 is 1.26 bits per heavy atom. The van der Waals surface area contributed by atoms with Gasteiger partial charge in [-0.2, -0.15) is 0 Å². The van der Waals surface area contributed by atoms with E-state index in [4.69, 9.17) is 0 Å². The Morgan fingerprint density at radius 2 is 0.700 bits per heavy atom. The summed E-state index contributed by atoms with van der Waals surface area (Å²) in [6, 6.07) is 70.4. The van der Waals surface area contributed by atoms with E-state index in [2.05, 4.69) is 203 Å². The Morgan fingerprint density at radius 1 is 0.260 bits per heavy atom. The lowest BCUT2D eigenvalue weighted by Crippen LogP contribution is -1.98. The van der Waals surface area contributed by atoms with Crippen molar-refractivity contribution in [3.05, 3.63) is 194 Å². The Kier molecular flexibility index (Phi) is 6.53. The van der Waals surface area contributed by atoms with E-state index in [0.29, 0.717) is 0 Å². The first-order valence-electron chi connectivity index (χ1n) is 17.2. The molecule has 0 saturated heterocycles. The molecule has 0 bridgehead atoms. The molecule has 0 aliphatic carbocycles. The summed E-state index contributed by atoms with van der Waals surface area (Å²) in [6.07, 6.45) is 0. The predicted octanol–water partition coefficient (Wildman–Crippen LogP) is 12.9. The zero-order valence-corrected chi connectivity index (χ0v) is 27.4. The minimum absolute atomic E-state index is 1.15. The first kappa shape index (κ1) is 28.4. The zero-order chi connectivity index (χ0) is 33.0. The molecule has 0 unspecified atom stereocenters. The molecule has 2 heterocycles. The van der Waals surface area contributed by atoms with Crippen molar-refractivity contribution in [2.75, 3.05) is 0 Å². The van der Waals surface area contributed by atoms with Crippen LogP contribution in [-0.2, 0) is 0 Å². The summed E-state index contributed by atoms with van der Waals surface area (Å²) >= 11 is 0. The van der Waals surface area contributed by atoms with Gasteiger partial charge in [0, 0.05) is 32.8 Å². The third-order valence-electron chi connectivity index (χ3n) is 10.1. The summed E-state index contributed by atoms with van der Waals surface area (Å²) in [5.74, 6) is 0. The predicted molar refractivity (Wildman–Crippen MR) is 211 cm³/mol. The van der Waals surface area contributed by atoms with Gasteiger partial charge in [-0.05, 0) is 70.3 Å². The molecule has 50 heavy (non-hydrogen) atoms. The van der Waals surface area contributed by atoms with Crippen molar-refractivity contribution in [3.8, 4) is 44.8 Å². The van der Waals surface area contributed by atoms with Crippen molar-refractivity contribution >= 4 is 43.6 Å². The summed E-state index contributed by atoms with van der Waals surface area (Å²) < 4.78 is 4.85. The number of benzene rings is 8. The minimum Gasteiger partial charge on any atom is -0.309 e. The molecule has 0 radical (unpaired) electrons. The van der Waals surface area contributed by atoms with Crippen LogP contribution in [0.15, 0.2) is 194 Å². The third-order valence-corrected chi connectivity index (χ3v) is 10.1. The minimum atomic E-state index is 1.15. The van der Waals surface area contributed by atoms with Crippen molar-refractivity contribution < 1.29 is 0 Å². The molecule has 0 saturated carbocycles. The molecule has 2 aromatic heterocycles. The lowest BCUT2D eigenvalue weighted by atomic mass is 10.0. The highest BCUT2D eigenvalue weighted by Gasteiger charge is 2.18. The smallest absolute Gasteiger partial charge is 0.0547 e. The van der Waals surface area contributed by atoms with E-state index < -0.39 is 0 Å². The van der Waals surface area contributed by atoms with Gasteiger partial charge in [0.25, 0.3) is 0 Å². The van der Waals surface area contributed by atoms with Gasteiger partial charge in [-0.1, -0.05) is 152 Å². The van der Waals surface area contributed by atoms with Gasteiger partial charge >= 0.3 is 0 Å². The third kappa shape index (κ3) is 4.50. The van der Waals surface area contributed by atoms with Crippen molar-refractivity contribution in [3.63, 3.8) is 0 Å². The largest absolute Gasteiger partial charge is 0.309 e. The fourth-order valence-electron chi connectivity index (χ4n) is 7.80. The van der Waals surface area contributed by atoms with Crippen LogP contribution in [0.1, 0.15) is 0 Å². The van der Waals surface area contributed by atoms with Crippen molar-refractivity contribution in [2.45, 2.75) is 0 Å². The summed E-state index contributed by atoms with van der Waals surface area (Å²) in [4.78, 5) is 0. The summed E-state index contributed by atoms with van der Waals surface area (Å²) in [6.45, 7) is 0. The van der Waals surface area contributed by atoms with Crippen LogP contribution in [0.5, 0.6) is 0 Å². The summed E-state index contributed by atoms with van der Waals surface area (Å²) in [5, 5.41) is 5.04. The van der Waals surface area contributed by atoms with Gasteiger partial charge in [0.15, 0.2) is 0 Å². The van der Waals surface area contributed by atoms with Crippen LogP contribution in [-0.4, -0.2) is 9.13 Å². The van der Waals surface area contributed by atoms with E-state index >= 15 is 0 Å². The Bertz CT molecular complexity index is 2690. The molecule has 0 aliphatic rings. The highest BCUT2D eigenvalue weighted by molar-refractivity contribution is 6.12. The van der Waals surface area contributed by atoms with Crippen LogP contribution in [0.25, 0.3) is 88.4 Å². The molecule has 0 amide bonds. The molecule has 10 aromatic rings. The van der Waals surface area contributed by atoms with Gasteiger partial charge in [-0.3, -0.25) is 0 Å². The SMILES string of the molecule is c1ccc(-c2ccc3c4ccc(-c5ccccc5)cc4n(-c4ccccc4-c4ccc(-n5c6ccccc6c6ccccc65)cc4)c3c2)cc1. The van der Waals surface area contributed by atoms with E-state index in [-0.39, 0.29) is 0 Å². The lowest BCUT2D eigenvalue weighted by molar-refractivity contribution is 1.17. The first-order chi connectivity index (χ1) is 24.8. The molecule has 10 rings (SSSR count). The number of hydrogen-bond acceptors (Lipinski definition) is 0. The number of fused-ring (bicyclic) bond motifs is 6. The van der Waals surface area contributed by atoms with Crippen LogP contribution in [0, 0.1) is 0 Å². The number of aromatic nitrogens is 2. The van der Waals surface area contributed by atoms with Gasteiger partial charge in [0.05, 0.1) is 27.8 Å². The molecule has 2 heteroatoms. The van der Waals surface area contributed by atoms with Gasteiger partial charge in [-0.25, -0.2) is 0 Å². The maximum atomic E-state index is 2.47. The van der Waals surface area contributed by atoms with Crippen LogP contribution >= 0.6 is 0 Å². The topological polar surface area (TPSA) is 9.86 Å². The highest BCUT2D eigenvalue weighted by Crippen LogP contribution is 2.40. The standard InChI is InChI=1S/C48H32N2/c1-3-13-33(14-4-1)36-25-29-42-43-30-26-37(34-15-5-2-6-16-34)32-48(43)50(47(42)31-36)44-20-10-7-17-39(44)35-23-27-38(28-24-35)49-45-21-11-8-18-40(45)41-19-9-12-22-46(41)49/h1-32H. The maximum absolute atomic E-state index is 2.47. The summed E-state index contributed by atoms with van der Waals surface area (Å²) in [7, 11) is 0. The number of para-hydroxylation sites is 3. The van der Waals surface area contributed by atoms with E-state index in [1.54, 1.807) is 0 Å². The van der Waals surface area contributed by atoms with Gasteiger partial charge in [0.1, 0.15) is 0 Å². The normalized spacial score (nSPS) is 11.6. The maximum Gasteiger partial charge on any atom is 0.0547 e. The van der Waals surface area contributed by atoms with Gasteiger partial charge in [0.2, 0.25) is 0 Å². The first-order valence-corrected chi connectivity index (χ1v) is 17.2. The average Bonchev–Trinajstić information content (AvgIpc) is 3.71. The zero-order valence-electron chi connectivity index (χ0n) is 27.4. The number of nitrogens with zero attached hydrogens (tertiary/aromatic N) is 2. The molecule has 234 valence electrons. The Hall–Kier alpha value is -6.64. The molecular formula is C48H32N2. The summed E-state index contributed by atoms with van der Waals surface area (Å²) in [5.41, 5.74) is 14.3. The van der Waals surface area contributed by atoms with Crippen LogP contribution in [0.4, 0.5) is 0 Å². The average molecular weight is 637 g/mol. The van der Waals surface area contributed by atoms with Crippen LogP contribution in [0.3, 0.4) is 0 Å². The second-order valence-corrected chi connectivity index (χ2v) is 13.0. The molecule has 0 N–H and O–H groups in total. The quantitative estimate of drug-likeness (QED) is 0.178. The second-order valence-electron chi connectivity index (χ2n) is 13.0. The Balaban J connectivity index is 1.18. The van der Waals surface area contributed by atoms with Gasteiger partial charge < -0.3 is 9.13 Å². The lowest BCUT2D eigenvalue weighted by Gasteiger charge is -2.16. The van der Waals surface area contributed by atoms with E-state index in [1.165, 1.54) is 77.0 Å². The second kappa shape index (κ2) is 11.5. The van der Waals surface area contributed by atoms with Crippen molar-refractivity contribution in [1.82, 2.24) is 9.13 Å². The fraction of sp³-hybridized carbons (Fsp3) is 0. The highest BCUT2D eigenvalue weighted by atomic mass is 15.0. The molecule has 0 fully saturated rings. The monoisotopic (exact) mass is 636 g/mol. The van der Waals surface area contributed by atoms with E-state index in [9.17, 15) is 0 Å². The van der Waals surface area contributed by atoms with Crippen molar-refractivity contribution in [1.29, 1.82) is 0 Å². The van der Waals surface area contributed by atoms with E-state index in [0.717, 1.165) is 11.4 Å². The molecular weight excluding hydrogens is 605 g/mol. The molecule has 8 aromatic carbocycles. The fourth-order valence-corrected chi connectivity index (χ4v) is 7.80.